The van der Waals surface area contributed by atoms with Gasteiger partial charge in [-0.05, 0) is 66.3 Å². The predicted molar refractivity (Wildman–Crippen MR) is 128 cm³/mol. The summed E-state index contributed by atoms with van der Waals surface area (Å²) in [5, 5.41) is 14.3. The number of aromatic nitrogens is 5. The van der Waals surface area contributed by atoms with E-state index in [2.05, 4.69) is 109 Å². The summed E-state index contributed by atoms with van der Waals surface area (Å²) in [5.74, 6) is 1.40. The zero-order valence-electron chi connectivity index (χ0n) is 19.6. The Morgan fingerprint density at radius 1 is 0.969 bits per heavy atom. The molecular formula is C26H32N6. The third kappa shape index (κ3) is 3.62. The topological polar surface area (TPSA) is 62.6 Å². The molecule has 0 spiro atoms. The Hall–Kier alpha value is -2.99. The summed E-state index contributed by atoms with van der Waals surface area (Å²) in [6, 6.07) is 17.6. The summed E-state index contributed by atoms with van der Waals surface area (Å²) < 4.78 is 1.98. The molecule has 1 aliphatic rings. The molecule has 166 valence electrons. The van der Waals surface area contributed by atoms with Gasteiger partial charge in [0, 0.05) is 29.7 Å². The molecule has 1 unspecified atom stereocenters. The van der Waals surface area contributed by atoms with Gasteiger partial charge in [-0.3, -0.25) is 4.90 Å². The summed E-state index contributed by atoms with van der Waals surface area (Å²) in [6.07, 6.45) is 1.01. The first kappa shape index (κ1) is 20.9. The van der Waals surface area contributed by atoms with Crippen LogP contribution in [0.3, 0.4) is 0 Å². The van der Waals surface area contributed by atoms with E-state index in [1.165, 1.54) is 33.3 Å². The molecule has 1 aliphatic heterocycles. The van der Waals surface area contributed by atoms with Crippen molar-refractivity contribution in [3.8, 4) is 0 Å². The number of benzene rings is 2. The van der Waals surface area contributed by atoms with Crippen molar-refractivity contribution in [1.82, 2.24) is 30.1 Å². The molecule has 2 aromatic carbocycles. The van der Waals surface area contributed by atoms with E-state index in [0.717, 1.165) is 25.3 Å². The molecule has 0 saturated heterocycles. The van der Waals surface area contributed by atoms with Gasteiger partial charge in [0.25, 0.3) is 0 Å². The van der Waals surface area contributed by atoms with Crippen LogP contribution in [0.25, 0.3) is 10.9 Å². The number of H-pyrrole nitrogens is 1. The number of para-hydroxylation sites is 1. The van der Waals surface area contributed by atoms with Crippen LogP contribution in [0.4, 0.5) is 0 Å². The smallest absolute Gasteiger partial charge is 0.173 e. The van der Waals surface area contributed by atoms with Gasteiger partial charge in [0.1, 0.15) is 0 Å². The van der Waals surface area contributed by atoms with Gasteiger partial charge in [-0.15, -0.1) is 5.10 Å². The predicted octanol–water partition coefficient (Wildman–Crippen LogP) is 5.18. The Labute approximate surface area is 189 Å². The van der Waals surface area contributed by atoms with E-state index in [0.29, 0.717) is 5.92 Å². The van der Waals surface area contributed by atoms with Crippen LogP contribution < -0.4 is 0 Å². The Morgan fingerprint density at radius 2 is 1.69 bits per heavy atom. The molecule has 0 fully saturated rings. The molecule has 32 heavy (non-hydrogen) atoms. The van der Waals surface area contributed by atoms with Gasteiger partial charge in [-0.1, -0.05) is 56.3 Å². The Bertz CT molecular complexity index is 1230. The zero-order chi connectivity index (χ0) is 22.5. The first-order valence-corrected chi connectivity index (χ1v) is 11.5. The van der Waals surface area contributed by atoms with Crippen molar-refractivity contribution in [1.29, 1.82) is 0 Å². The third-order valence-electron chi connectivity index (χ3n) is 6.57. The Balaban J connectivity index is 1.58. The van der Waals surface area contributed by atoms with Crippen molar-refractivity contribution < 1.29 is 0 Å². The number of hydrogen-bond donors (Lipinski definition) is 1. The number of aromatic amines is 1. The zero-order valence-corrected chi connectivity index (χ0v) is 19.6. The minimum atomic E-state index is -0.197. The molecule has 1 N–H and O–H groups in total. The Morgan fingerprint density at radius 3 is 2.41 bits per heavy atom. The van der Waals surface area contributed by atoms with E-state index in [1.54, 1.807) is 0 Å². The molecule has 0 amide bonds. The van der Waals surface area contributed by atoms with Crippen molar-refractivity contribution in [2.24, 2.45) is 0 Å². The summed E-state index contributed by atoms with van der Waals surface area (Å²) in [4.78, 5) is 6.18. The highest BCUT2D eigenvalue weighted by atomic mass is 15.6. The first-order valence-electron chi connectivity index (χ1n) is 11.5. The maximum atomic E-state index is 4.54. The lowest BCUT2D eigenvalue weighted by molar-refractivity contribution is 0.184. The molecule has 4 aromatic rings. The number of fused-ring (bicyclic) bond motifs is 3. The fourth-order valence-electron chi connectivity index (χ4n) is 4.86. The van der Waals surface area contributed by atoms with Crippen LogP contribution in [-0.4, -0.2) is 36.6 Å². The fraction of sp³-hybridized carbons (Fsp3) is 0.423. The van der Waals surface area contributed by atoms with E-state index in [4.69, 9.17) is 0 Å². The molecule has 6 nitrogen and oxygen atoms in total. The van der Waals surface area contributed by atoms with Crippen molar-refractivity contribution in [3.63, 3.8) is 0 Å². The van der Waals surface area contributed by atoms with Crippen LogP contribution in [0.2, 0.25) is 0 Å². The molecule has 6 heteroatoms. The molecular weight excluding hydrogens is 396 g/mol. The summed E-state index contributed by atoms with van der Waals surface area (Å²) in [7, 11) is 0. The molecule has 0 bridgehead atoms. The van der Waals surface area contributed by atoms with Gasteiger partial charge in [-0.25, -0.2) is 4.68 Å². The van der Waals surface area contributed by atoms with Gasteiger partial charge in [0.05, 0.1) is 11.6 Å². The number of rotatable bonds is 4. The van der Waals surface area contributed by atoms with Crippen LogP contribution in [-0.2, 0) is 18.5 Å². The third-order valence-corrected chi connectivity index (χ3v) is 6.57. The van der Waals surface area contributed by atoms with E-state index >= 15 is 0 Å². The van der Waals surface area contributed by atoms with Gasteiger partial charge in [0.2, 0.25) is 0 Å². The average molecular weight is 429 g/mol. The molecule has 0 radical (unpaired) electrons. The fourth-order valence-corrected chi connectivity index (χ4v) is 4.86. The van der Waals surface area contributed by atoms with Crippen LogP contribution in [0.5, 0.6) is 0 Å². The average Bonchev–Trinajstić information content (AvgIpc) is 3.39. The SMILES string of the molecule is CC(C)c1ccc(C(c2nnnn2C(C)(C)C)N2CCc3c([nH]c4ccccc34)C2)cc1. The second-order valence-electron chi connectivity index (χ2n) is 10.2. The number of tetrazole rings is 1. The minimum Gasteiger partial charge on any atom is -0.357 e. The molecule has 2 aromatic heterocycles. The van der Waals surface area contributed by atoms with Gasteiger partial charge >= 0.3 is 0 Å². The number of hydrogen-bond acceptors (Lipinski definition) is 4. The van der Waals surface area contributed by atoms with Crippen molar-refractivity contribution in [3.05, 3.63) is 76.7 Å². The molecule has 0 saturated carbocycles. The van der Waals surface area contributed by atoms with Crippen molar-refractivity contribution in [2.45, 2.75) is 65.1 Å². The minimum absolute atomic E-state index is 0.00926. The molecule has 1 atom stereocenters. The van der Waals surface area contributed by atoms with Crippen LogP contribution in [0.1, 0.15) is 74.8 Å². The quantitative estimate of drug-likeness (QED) is 0.486. The maximum absolute atomic E-state index is 4.54. The summed E-state index contributed by atoms with van der Waals surface area (Å²) >= 11 is 0. The van der Waals surface area contributed by atoms with Crippen LogP contribution >= 0.6 is 0 Å². The highest BCUT2D eigenvalue weighted by Crippen LogP contribution is 2.36. The van der Waals surface area contributed by atoms with Gasteiger partial charge < -0.3 is 4.98 Å². The summed E-state index contributed by atoms with van der Waals surface area (Å²) in [5.41, 5.74) is 6.35. The first-order chi connectivity index (χ1) is 15.3. The van der Waals surface area contributed by atoms with E-state index < -0.39 is 0 Å². The highest BCUT2D eigenvalue weighted by Gasteiger charge is 2.34. The largest absolute Gasteiger partial charge is 0.357 e. The monoisotopic (exact) mass is 428 g/mol. The van der Waals surface area contributed by atoms with Gasteiger partial charge in [0.15, 0.2) is 5.82 Å². The van der Waals surface area contributed by atoms with Crippen LogP contribution in [0.15, 0.2) is 48.5 Å². The lowest BCUT2D eigenvalue weighted by atomic mass is 9.95. The molecule has 3 heterocycles. The van der Waals surface area contributed by atoms with E-state index in [1.807, 2.05) is 4.68 Å². The van der Waals surface area contributed by atoms with Crippen molar-refractivity contribution in [2.75, 3.05) is 6.54 Å². The van der Waals surface area contributed by atoms with Crippen molar-refractivity contribution >= 4 is 10.9 Å². The number of nitrogens with zero attached hydrogens (tertiary/aromatic N) is 5. The lowest BCUT2D eigenvalue weighted by Crippen LogP contribution is -2.38. The molecule has 0 aliphatic carbocycles. The second kappa shape index (κ2) is 7.85. The molecule has 5 rings (SSSR count). The summed E-state index contributed by atoms with van der Waals surface area (Å²) in [6.45, 7) is 12.7. The van der Waals surface area contributed by atoms with Gasteiger partial charge in [-0.2, -0.15) is 0 Å². The normalized spacial score (nSPS) is 15.9. The Kier molecular flexibility index (Phi) is 5.13. The highest BCUT2D eigenvalue weighted by molar-refractivity contribution is 5.84. The van der Waals surface area contributed by atoms with E-state index in [-0.39, 0.29) is 11.6 Å². The lowest BCUT2D eigenvalue weighted by Gasteiger charge is -2.35. The van der Waals surface area contributed by atoms with Crippen LogP contribution in [0, 0.1) is 0 Å². The second-order valence-corrected chi connectivity index (χ2v) is 10.2. The maximum Gasteiger partial charge on any atom is 0.173 e. The van der Waals surface area contributed by atoms with E-state index in [9.17, 15) is 0 Å². The number of nitrogens with one attached hydrogen (secondary N) is 1. The standard InChI is InChI=1S/C26H32N6/c1-17(2)18-10-12-19(13-11-18)24(25-28-29-30-32(25)26(3,4)5)31-15-14-21-20-8-6-7-9-22(20)27-23(21)16-31/h6-13,17,24,27H,14-16H2,1-5H3.